The highest BCUT2D eigenvalue weighted by molar-refractivity contribution is 8.03. The fourth-order valence-corrected chi connectivity index (χ4v) is 5.13. The molecule has 0 spiro atoms. The molecule has 29 heavy (non-hydrogen) atoms. The summed E-state index contributed by atoms with van der Waals surface area (Å²) in [5.74, 6) is -0.221. The zero-order valence-corrected chi connectivity index (χ0v) is 18.5. The van der Waals surface area contributed by atoms with Crippen LogP contribution in [0.2, 0.25) is 0 Å². The number of thioether (sulfide) groups is 1. The van der Waals surface area contributed by atoms with Gasteiger partial charge in [0.15, 0.2) is 4.34 Å². The summed E-state index contributed by atoms with van der Waals surface area (Å²) in [4.78, 5) is 17.1. The van der Waals surface area contributed by atoms with Crippen LogP contribution in [0.15, 0.2) is 34.0 Å². The number of hydrogen-bond donors (Lipinski definition) is 2. The van der Waals surface area contributed by atoms with Crippen LogP contribution in [0.5, 0.6) is 0 Å². The third-order valence-corrected chi connectivity index (χ3v) is 6.76. The lowest BCUT2D eigenvalue weighted by atomic mass is 10.1. The van der Waals surface area contributed by atoms with Gasteiger partial charge in [-0.3, -0.25) is 4.79 Å². The summed E-state index contributed by atoms with van der Waals surface area (Å²) < 4.78 is 11.0. The molecular formula is C21H28N2O4S2. The molecule has 2 heterocycles. The van der Waals surface area contributed by atoms with E-state index in [0.29, 0.717) is 19.6 Å². The van der Waals surface area contributed by atoms with Gasteiger partial charge in [-0.1, -0.05) is 23.9 Å². The topological polar surface area (TPSA) is 80.7 Å². The van der Waals surface area contributed by atoms with Gasteiger partial charge in [-0.05, 0) is 38.0 Å². The highest BCUT2D eigenvalue weighted by atomic mass is 32.2. The van der Waals surface area contributed by atoms with E-state index in [1.54, 1.807) is 11.3 Å². The van der Waals surface area contributed by atoms with Crippen molar-refractivity contribution in [3.63, 3.8) is 0 Å². The summed E-state index contributed by atoms with van der Waals surface area (Å²) in [6.45, 7) is 5.84. The number of benzene rings is 1. The van der Waals surface area contributed by atoms with Crippen LogP contribution in [0.3, 0.4) is 0 Å². The molecule has 0 bridgehead atoms. The smallest absolute Gasteiger partial charge is 0.322 e. The first-order valence-corrected chi connectivity index (χ1v) is 11.5. The first-order chi connectivity index (χ1) is 14.0. The first kappa shape index (κ1) is 22.1. The number of nitrogens with zero attached hydrogens (tertiary/aromatic N) is 1. The van der Waals surface area contributed by atoms with Gasteiger partial charge in [-0.25, -0.2) is 4.98 Å². The van der Waals surface area contributed by atoms with E-state index in [9.17, 15) is 4.79 Å². The molecule has 0 saturated carbocycles. The standard InChI is InChI=1S/C21H28N2O4S2/c1-21(2,19(25)27-18-9-12-26-13-18)29-20-23-17(14-28-20)7-10-22-16-5-3-15(4-6-16)8-11-24/h3-6,14,18,22,24H,7-13H2,1-2H3. The largest absolute Gasteiger partial charge is 0.459 e. The molecule has 3 rings (SSSR count). The van der Waals surface area contributed by atoms with Gasteiger partial charge >= 0.3 is 5.97 Å². The molecule has 8 heteroatoms. The minimum atomic E-state index is -0.688. The Bertz CT molecular complexity index is 786. The summed E-state index contributed by atoms with van der Waals surface area (Å²) in [6, 6.07) is 8.09. The first-order valence-electron chi connectivity index (χ1n) is 9.82. The van der Waals surface area contributed by atoms with Crippen molar-refractivity contribution in [3.8, 4) is 0 Å². The van der Waals surface area contributed by atoms with Crippen LogP contribution < -0.4 is 5.32 Å². The SMILES string of the molecule is CC(C)(Sc1nc(CCNc2ccc(CCO)cc2)cs1)C(=O)OC1CCOC1. The summed E-state index contributed by atoms with van der Waals surface area (Å²) in [5, 5.41) is 14.4. The number of nitrogens with one attached hydrogen (secondary N) is 1. The van der Waals surface area contributed by atoms with Crippen molar-refractivity contribution < 1.29 is 19.4 Å². The fraction of sp³-hybridized carbons (Fsp3) is 0.524. The number of anilines is 1. The van der Waals surface area contributed by atoms with E-state index in [2.05, 4.69) is 10.3 Å². The molecule has 2 aromatic rings. The Morgan fingerprint density at radius 2 is 2.17 bits per heavy atom. The van der Waals surface area contributed by atoms with Crippen LogP contribution in [0.25, 0.3) is 0 Å². The van der Waals surface area contributed by atoms with Crippen LogP contribution in [0, 0.1) is 0 Å². The maximum Gasteiger partial charge on any atom is 0.322 e. The van der Waals surface area contributed by atoms with Gasteiger partial charge in [-0.15, -0.1) is 11.3 Å². The van der Waals surface area contributed by atoms with E-state index in [-0.39, 0.29) is 18.7 Å². The number of rotatable bonds is 10. The third-order valence-electron chi connectivity index (χ3n) is 4.59. The van der Waals surface area contributed by atoms with E-state index in [1.165, 1.54) is 11.8 Å². The Balaban J connectivity index is 1.45. The van der Waals surface area contributed by atoms with Gasteiger partial charge in [0.1, 0.15) is 10.9 Å². The normalized spacial score (nSPS) is 16.7. The molecular weight excluding hydrogens is 408 g/mol. The zero-order valence-electron chi connectivity index (χ0n) is 16.8. The molecule has 1 aliphatic rings. The predicted molar refractivity (Wildman–Crippen MR) is 117 cm³/mol. The van der Waals surface area contributed by atoms with Gasteiger partial charge in [0.25, 0.3) is 0 Å². The highest BCUT2D eigenvalue weighted by Crippen LogP contribution is 2.36. The molecule has 2 N–H and O–H groups in total. The molecule has 0 radical (unpaired) electrons. The number of aliphatic hydroxyl groups is 1. The van der Waals surface area contributed by atoms with Gasteiger partial charge < -0.3 is 19.9 Å². The van der Waals surface area contributed by atoms with Crippen molar-refractivity contribution in [2.45, 2.75) is 48.3 Å². The molecule has 1 aliphatic heterocycles. The molecule has 1 aromatic heterocycles. The third kappa shape index (κ3) is 6.70. The van der Waals surface area contributed by atoms with Crippen molar-refractivity contribution in [1.29, 1.82) is 0 Å². The van der Waals surface area contributed by atoms with Gasteiger partial charge in [-0.2, -0.15) is 0 Å². The Morgan fingerprint density at radius 3 is 2.86 bits per heavy atom. The van der Waals surface area contributed by atoms with Crippen molar-refractivity contribution >= 4 is 34.8 Å². The quantitative estimate of drug-likeness (QED) is 0.436. The summed E-state index contributed by atoms with van der Waals surface area (Å²) in [5.41, 5.74) is 3.19. The average Bonchev–Trinajstić information content (AvgIpc) is 3.35. The summed E-state index contributed by atoms with van der Waals surface area (Å²) >= 11 is 3.00. The maximum atomic E-state index is 12.5. The second-order valence-corrected chi connectivity index (χ2v) is 10.2. The van der Waals surface area contributed by atoms with Gasteiger partial charge in [0, 0.05) is 37.1 Å². The molecule has 158 valence electrons. The van der Waals surface area contributed by atoms with E-state index in [4.69, 9.17) is 14.6 Å². The average molecular weight is 437 g/mol. The minimum absolute atomic E-state index is 0.127. The maximum absolute atomic E-state index is 12.5. The molecule has 1 saturated heterocycles. The molecule has 0 amide bonds. The van der Waals surface area contributed by atoms with Gasteiger partial charge in [0.05, 0.1) is 18.9 Å². The highest BCUT2D eigenvalue weighted by Gasteiger charge is 2.34. The van der Waals surface area contributed by atoms with Crippen LogP contribution in [0.1, 0.15) is 31.5 Å². The number of ether oxygens (including phenoxy) is 2. The fourth-order valence-electron chi connectivity index (χ4n) is 2.86. The Hall–Kier alpha value is -1.61. The number of hydrogen-bond acceptors (Lipinski definition) is 8. The van der Waals surface area contributed by atoms with Gasteiger partial charge in [0.2, 0.25) is 0 Å². The number of carbonyl (C=O) groups excluding carboxylic acids is 1. The monoisotopic (exact) mass is 436 g/mol. The second kappa shape index (κ2) is 10.4. The van der Waals surface area contributed by atoms with Crippen molar-refractivity contribution in [3.05, 3.63) is 40.9 Å². The van der Waals surface area contributed by atoms with Crippen LogP contribution in [-0.2, 0) is 27.1 Å². The molecule has 1 unspecified atom stereocenters. The molecule has 6 nitrogen and oxygen atoms in total. The lowest BCUT2D eigenvalue weighted by molar-refractivity contribution is -0.151. The molecule has 1 aromatic carbocycles. The number of carbonyl (C=O) groups is 1. The summed E-state index contributed by atoms with van der Waals surface area (Å²) in [6.07, 6.45) is 2.13. The number of aliphatic hydroxyl groups excluding tert-OH is 1. The Labute approximate surface area is 180 Å². The van der Waals surface area contributed by atoms with Crippen molar-refractivity contribution in [2.24, 2.45) is 0 Å². The van der Waals surface area contributed by atoms with Crippen LogP contribution >= 0.6 is 23.1 Å². The predicted octanol–water partition coefficient (Wildman–Crippen LogP) is 3.54. The Morgan fingerprint density at radius 1 is 1.38 bits per heavy atom. The number of esters is 1. The second-order valence-electron chi connectivity index (χ2n) is 7.46. The Kier molecular flexibility index (Phi) is 7.94. The van der Waals surface area contributed by atoms with Crippen molar-refractivity contribution in [1.82, 2.24) is 4.98 Å². The van der Waals surface area contributed by atoms with E-state index >= 15 is 0 Å². The lowest BCUT2D eigenvalue weighted by Gasteiger charge is -2.22. The van der Waals surface area contributed by atoms with E-state index in [0.717, 1.165) is 40.7 Å². The summed E-state index contributed by atoms with van der Waals surface area (Å²) in [7, 11) is 0. The number of aromatic nitrogens is 1. The lowest BCUT2D eigenvalue weighted by Crippen LogP contribution is -2.33. The molecule has 0 aliphatic carbocycles. The molecule has 1 fully saturated rings. The molecule has 1 atom stereocenters. The van der Waals surface area contributed by atoms with Crippen LogP contribution in [0.4, 0.5) is 5.69 Å². The van der Waals surface area contributed by atoms with E-state index in [1.807, 2.05) is 43.5 Å². The van der Waals surface area contributed by atoms with E-state index < -0.39 is 4.75 Å². The van der Waals surface area contributed by atoms with Crippen molar-refractivity contribution in [2.75, 3.05) is 31.7 Å². The number of thiazole rings is 1. The zero-order chi connectivity index (χ0) is 20.7. The van der Waals surface area contributed by atoms with Crippen LogP contribution in [-0.4, -0.2) is 53.3 Å². The minimum Gasteiger partial charge on any atom is -0.459 e.